The Kier molecular flexibility index (Phi) is 2.75. The molecule has 1 aromatic rings. The van der Waals surface area contributed by atoms with Gasteiger partial charge in [-0.3, -0.25) is 0 Å². The first-order chi connectivity index (χ1) is 5.69. The van der Waals surface area contributed by atoms with Crippen LogP contribution in [0.2, 0.25) is 0 Å². The van der Waals surface area contributed by atoms with Gasteiger partial charge in [0, 0.05) is 0 Å². The van der Waals surface area contributed by atoms with Crippen molar-refractivity contribution in [1.82, 2.24) is 9.97 Å². The summed E-state index contributed by atoms with van der Waals surface area (Å²) in [6.07, 6.45) is 1.91. The van der Waals surface area contributed by atoms with Gasteiger partial charge in [0.2, 0.25) is 5.88 Å². The lowest BCUT2D eigenvalue weighted by Gasteiger charge is -2.07. The zero-order valence-electron chi connectivity index (χ0n) is 7.29. The molecule has 1 rings (SSSR count). The summed E-state index contributed by atoms with van der Waals surface area (Å²) < 4.78 is 5.05. The van der Waals surface area contributed by atoms with Crippen LogP contribution in [0.1, 0.15) is 5.82 Å². The van der Waals surface area contributed by atoms with Crippen LogP contribution in [0, 0.1) is 6.92 Å². The second-order valence-electron chi connectivity index (χ2n) is 2.20. The molecule has 66 valence electrons. The van der Waals surface area contributed by atoms with E-state index in [1.54, 1.807) is 14.0 Å². The fourth-order valence-electron chi connectivity index (χ4n) is 0.888. The molecule has 0 saturated carbocycles. The molecule has 12 heavy (non-hydrogen) atoms. The van der Waals surface area contributed by atoms with Crippen LogP contribution < -0.4 is 10.5 Å². The second kappa shape index (κ2) is 3.62. The highest BCUT2D eigenvalue weighted by Crippen LogP contribution is 2.29. The third-order valence-corrected chi connectivity index (χ3v) is 2.16. The van der Waals surface area contributed by atoms with E-state index in [0.29, 0.717) is 17.5 Å². The molecule has 0 atom stereocenters. The zero-order chi connectivity index (χ0) is 9.14. The summed E-state index contributed by atoms with van der Waals surface area (Å²) >= 11 is 1.48. The summed E-state index contributed by atoms with van der Waals surface area (Å²) in [6, 6.07) is 0. The van der Waals surface area contributed by atoms with Crippen LogP contribution in [0.5, 0.6) is 5.88 Å². The Bertz CT molecular complexity index is 290. The first-order valence-corrected chi connectivity index (χ1v) is 4.63. The van der Waals surface area contributed by atoms with Crippen molar-refractivity contribution < 1.29 is 4.74 Å². The van der Waals surface area contributed by atoms with Gasteiger partial charge in [0.1, 0.15) is 16.5 Å². The van der Waals surface area contributed by atoms with E-state index < -0.39 is 0 Å². The van der Waals surface area contributed by atoms with E-state index >= 15 is 0 Å². The maximum atomic E-state index is 5.66. The number of aryl methyl sites for hydroxylation is 1. The van der Waals surface area contributed by atoms with Gasteiger partial charge in [0.05, 0.1) is 7.11 Å². The van der Waals surface area contributed by atoms with Gasteiger partial charge in [-0.1, -0.05) is 0 Å². The molecule has 0 aliphatic heterocycles. The van der Waals surface area contributed by atoms with Crippen LogP contribution in [0.15, 0.2) is 4.90 Å². The molecule has 5 heteroatoms. The molecular weight excluding hydrogens is 174 g/mol. The van der Waals surface area contributed by atoms with Crippen LogP contribution >= 0.6 is 11.8 Å². The minimum atomic E-state index is 0.479. The number of nitrogens with zero attached hydrogens (tertiary/aromatic N) is 2. The number of hydrogen-bond acceptors (Lipinski definition) is 5. The average Bonchev–Trinajstić information content (AvgIpc) is 2.03. The average molecular weight is 185 g/mol. The second-order valence-corrected chi connectivity index (χ2v) is 3.02. The van der Waals surface area contributed by atoms with Gasteiger partial charge in [-0.15, -0.1) is 11.8 Å². The van der Waals surface area contributed by atoms with Gasteiger partial charge in [-0.05, 0) is 13.2 Å². The third-order valence-electron chi connectivity index (χ3n) is 1.37. The van der Waals surface area contributed by atoms with Crippen molar-refractivity contribution in [2.24, 2.45) is 0 Å². The van der Waals surface area contributed by atoms with Crippen LogP contribution in [-0.2, 0) is 0 Å². The van der Waals surface area contributed by atoms with Gasteiger partial charge in [0.15, 0.2) is 0 Å². The van der Waals surface area contributed by atoms with Gasteiger partial charge < -0.3 is 10.5 Å². The summed E-state index contributed by atoms with van der Waals surface area (Å²) in [6.45, 7) is 1.78. The van der Waals surface area contributed by atoms with Crippen molar-refractivity contribution in [3.63, 3.8) is 0 Å². The number of methoxy groups -OCH3 is 1. The van der Waals surface area contributed by atoms with Crippen LogP contribution in [-0.4, -0.2) is 23.3 Å². The minimum Gasteiger partial charge on any atom is -0.480 e. The highest BCUT2D eigenvalue weighted by atomic mass is 32.2. The van der Waals surface area contributed by atoms with E-state index in [4.69, 9.17) is 10.5 Å². The maximum absolute atomic E-state index is 5.66. The Balaban J connectivity index is 3.24. The molecule has 4 nitrogen and oxygen atoms in total. The molecule has 0 aliphatic carbocycles. The van der Waals surface area contributed by atoms with Crippen molar-refractivity contribution in [1.29, 1.82) is 0 Å². The zero-order valence-corrected chi connectivity index (χ0v) is 8.10. The summed E-state index contributed by atoms with van der Waals surface area (Å²) in [5.41, 5.74) is 5.66. The number of rotatable bonds is 2. The van der Waals surface area contributed by atoms with Crippen molar-refractivity contribution in [3.05, 3.63) is 5.82 Å². The maximum Gasteiger partial charge on any atom is 0.232 e. The summed E-state index contributed by atoms with van der Waals surface area (Å²) in [7, 11) is 1.57. The largest absolute Gasteiger partial charge is 0.480 e. The highest BCUT2D eigenvalue weighted by molar-refractivity contribution is 7.98. The highest BCUT2D eigenvalue weighted by Gasteiger charge is 2.09. The number of thioether (sulfide) groups is 1. The molecule has 0 fully saturated rings. The number of hydrogen-bond donors (Lipinski definition) is 1. The third kappa shape index (κ3) is 1.61. The monoisotopic (exact) mass is 185 g/mol. The number of nitrogen functional groups attached to an aromatic ring is 1. The Morgan fingerprint density at radius 1 is 1.42 bits per heavy atom. The Labute approximate surface area is 75.5 Å². The van der Waals surface area contributed by atoms with Gasteiger partial charge in [0.25, 0.3) is 0 Å². The van der Waals surface area contributed by atoms with E-state index in [1.165, 1.54) is 11.8 Å². The molecule has 0 unspecified atom stereocenters. The van der Waals surface area contributed by atoms with Crippen molar-refractivity contribution >= 4 is 17.6 Å². The van der Waals surface area contributed by atoms with Crippen LogP contribution in [0.25, 0.3) is 0 Å². The molecule has 0 radical (unpaired) electrons. The van der Waals surface area contributed by atoms with E-state index in [1.807, 2.05) is 6.26 Å². The molecule has 0 saturated heterocycles. The van der Waals surface area contributed by atoms with Crippen LogP contribution in [0.4, 0.5) is 5.82 Å². The molecule has 1 aromatic heterocycles. The topological polar surface area (TPSA) is 61.0 Å². The Morgan fingerprint density at radius 2 is 2.08 bits per heavy atom. The Hall–Kier alpha value is -0.970. The minimum absolute atomic E-state index is 0.479. The number of ether oxygens (including phenoxy) is 1. The molecular formula is C7H11N3OS. The van der Waals surface area contributed by atoms with Crippen LogP contribution in [0.3, 0.4) is 0 Å². The fourth-order valence-corrected chi connectivity index (χ4v) is 1.45. The van der Waals surface area contributed by atoms with E-state index in [2.05, 4.69) is 9.97 Å². The molecule has 0 aromatic carbocycles. The molecule has 1 heterocycles. The van der Waals surface area contributed by atoms with Crippen molar-refractivity contribution in [2.75, 3.05) is 19.1 Å². The number of anilines is 1. The molecule has 0 bridgehead atoms. The smallest absolute Gasteiger partial charge is 0.232 e. The first kappa shape index (κ1) is 9.12. The van der Waals surface area contributed by atoms with Gasteiger partial charge >= 0.3 is 0 Å². The molecule has 0 spiro atoms. The quantitative estimate of drug-likeness (QED) is 0.699. The normalized spacial score (nSPS) is 9.92. The lowest BCUT2D eigenvalue weighted by Crippen LogP contribution is -2.01. The molecule has 0 amide bonds. The van der Waals surface area contributed by atoms with Gasteiger partial charge in [-0.2, -0.15) is 4.98 Å². The predicted molar refractivity (Wildman–Crippen MR) is 49.5 cm³/mol. The lowest BCUT2D eigenvalue weighted by molar-refractivity contribution is 0.385. The molecule has 2 N–H and O–H groups in total. The van der Waals surface area contributed by atoms with Crippen molar-refractivity contribution in [3.8, 4) is 5.88 Å². The Morgan fingerprint density at radius 3 is 2.58 bits per heavy atom. The number of aromatic nitrogens is 2. The van der Waals surface area contributed by atoms with E-state index in [-0.39, 0.29) is 0 Å². The summed E-state index contributed by atoms with van der Waals surface area (Å²) in [5.74, 6) is 1.65. The van der Waals surface area contributed by atoms with Crippen molar-refractivity contribution in [2.45, 2.75) is 11.8 Å². The SMILES string of the molecule is COc1nc(C)nc(N)c1SC. The predicted octanol–water partition coefficient (Wildman–Crippen LogP) is 1.10. The lowest BCUT2D eigenvalue weighted by atomic mass is 10.5. The summed E-state index contributed by atoms with van der Waals surface area (Å²) in [5, 5.41) is 0. The van der Waals surface area contributed by atoms with Gasteiger partial charge in [-0.25, -0.2) is 4.98 Å². The van der Waals surface area contributed by atoms with E-state index in [0.717, 1.165) is 4.90 Å². The molecule has 0 aliphatic rings. The summed E-state index contributed by atoms with van der Waals surface area (Å²) in [4.78, 5) is 8.90. The fraction of sp³-hybridized carbons (Fsp3) is 0.429. The first-order valence-electron chi connectivity index (χ1n) is 3.41. The standard InChI is InChI=1S/C7H11N3OS/c1-4-9-6(8)5(12-3)7(10-4)11-2/h1-3H3,(H2,8,9,10). The van der Waals surface area contributed by atoms with E-state index in [9.17, 15) is 0 Å². The number of nitrogens with two attached hydrogens (primary N) is 1.